The fourth-order valence-corrected chi connectivity index (χ4v) is 11.6. The van der Waals surface area contributed by atoms with E-state index in [4.69, 9.17) is 67.9 Å². The maximum absolute atomic E-state index is 14.7. The first-order chi connectivity index (χ1) is 54.4. The minimum Gasteiger partial charge on any atom is -0.505 e. The van der Waals surface area contributed by atoms with E-state index in [1.54, 1.807) is 0 Å². The monoisotopic (exact) mass is 1500 g/mol. The summed E-state index contributed by atoms with van der Waals surface area (Å²) in [4.78, 5) is 128. The molecule has 3 aromatic rings. The average Bonchev–Trinajstić information content (AvgIpc) is 0.791. The smallest absolute Gasteiger partial charge is 0.324 e. The van der Waals surface area contributed by atoms with Gasteiger partial charge in [0.25, 0.3) is 17.7 Å². The quantitative estimate of drug-likeness (QED) is 0.0530. The molecule has 0 saturated heterocycles. The van der Waals surface area contributed by atoms with Gasteiger partial charge >= 0.3 is 17.9 Å². The Hall–Kier alpha value is -16.3. The number of fused-ring (bicyclic) bond motifs is 12. The first-order valence-corrected chi connectivity index (χ1v) is 33.3. The molecule has 21 N–H and O–H groups in total. The number of esters is 3. The highest BCUT2D eigenvalue weighted by molar-refractivity contribution is 6.05. The van der Waals surface area contributed by atoms with Crippen molar-refractivity contribution in [2.45, 2.75) is 112 Å². The molecule has 12 bridgehead atoms. The van der Waals surface area contributed by atoms with Crippen molar-refractivity contribution in [2.75, 3.05) is 16.0 Å². The van der Waals surface area contributed by atoms with E-state index >= 15 is 0 Å². The lowest BCUT2D eigenvalue weighted by Gasteiger charge is -2.38. The Balaban J connectivity index is 1.28. The van der Waals surface area contributed by atoms with Gasteiger partial charge in [0.15, 0.2) is 17.2 Å². The van der Waals surface area contributed by atoms with Gasteiger partial charge in [0.2, 0.25) is 17.7 Å². The second kappa shape index (κ2) is 42.7. The van der Waals surface area contributed by atoms with Crippen LogP contribution < -0.4 is 66.3 Å². The lowest BCUT2D eigenvalue weighted by molar-refractivity contribution is -0.137. The Labute approximate surface area is 650 Å². The lowest BCUT2D eigenvalue weighted by Crippen LogP contribution is -2.58. The van der Waals surface area contributed by atoms with Gasteiger partial charge in [0, 0.05) is 149 Å². The van der Waals surface area contributed by atoms with E-state index in [2.05, 4.69) is 240 Å². The Morgan fingerprint density at radius 3 is 0.761 bits per heavy atom. The first kappa shape index (κ1) is 84.0. The van der Waals surface area contributed by atoms with Gasteiger partial charge in [-0.05, 0) is 186 Å². The normalized spacial score (nSPS) is 20.5. The summed E-state index contributed by atoms with van der Waals surface area (Å²) in [6, 6.07) is -2.77. The highest BCUT2D eigenvalue weighted by Crippen LogP contribution is 2.37. The van der Waals surface area contributed by atoms with Crippen molar-refractivity contribution in [3.63, 3.8) is 0 Å². The average molecular weight is 1500 g/mol. The molecule has 3 saturated carbocycles. The summed E-state index contributed by atoms with van der Waals surface area (Å²) in [6.07, 6.45) is 18.1. The Morgan fingerprint density at radius 1 is 0.327 bits per heavy atom. The molecule has 12 unspecified atom stereocenters. The number of anilines is 3. The van der Waals surface area contributed by atoms with Crippen LogP contribution in [0.25, 0.3) is 0 Å². The number of amides is 6. The van der Waals surface area contributed by atoms with Crippen LogP contribution in [0.3, 0.4) is 0 Å². The number of benzene rings is 3. The van der Waals surface area contributed by atoms with Crippen LogP contribution in [0.2, 0.25) is 0 Å². The summed E-state index contributed by atoms with van der Waals surface area (Å²) >= 11 is 0. The summed E-state index contributed by atoms with van der Waals surface area (Å²) in [7, 11) is 0. The number of hydrogen-bond acceptors (Lipinski definition) is 21. The minimum absolute atomic E-state index is 0.0574. The molecule has 3 aliphatic carbocycles. The van der Waals surface area contributed by atoms with Crippen molar-refractivity contribution in [1.29, 1.82) is 0 Å². The highest BCUT2D eigenvalue weighted by atomic mass is 16.5. The third kappa shape index (κ3) is 25.7. The molecule has 3 fully saturated rings. The van der Waals surface area contributed by atoms with Crippen molar-refractivity contribution in [2.24, 2.45) is 52.2 Å². The molecule has 554 valence electrons. The second-order valence-electron chi connectivity index (χ2n) is 24.4. The van der Waals surface area contributed by atoms with Gasteiger partial charge in [0.05, 0.1) is 70.8 Å². The zero-order valence-corrected chi connectivity index (χ0v) is 59.2. The van der Waals surface area contributed by atoms with Crippen LogP contribution >= 0.6 is 0 Å². The molecular weight excluding hydrogens is 1440 g/mol. The summed E-state index contributed by atoms with van der Waals surface area (Å²) in [5, 5.41) is 51.9. The van der Waals surface area contributed by atoms with E-state index in [0.29, 0.717) is 0 Å². The van der Waals surface area contributed by atoms with E-state index in [1.807, 2.05) is 0 Å². The van der Waals surface area contributed by atoms with Gasteiger partial charge in [-0.25, -0.2) is 0 Å². The number of carbonyl (C=O) groups excluding carboxylic acids is 9. The number of nitrogens with two attached hydrogens (primary N) is 6. The van der Waals surface area contributed by atoms with Crippen LogP contribution in [0.4, 0.5) is 17.1 Å². The fourth-order valence-electron chi connectivity index (χ4n) is 11.6. The molecule has 1 heterocycles. The van der Waals surface area contributed by atoms with E-state index in [9.17, 15) is 58.5 Å². The van der Waals surface area contributed by atoms with E-state index in [-0.39, 0.29) is 55.2 Å². The van der Waals surface area contributed by atoms with Gasteiger partial charge in [-0.1, -0.05) is 0 Å². The van der Waals surface area contributed by atoms with Gasteiger partial charge in [-0.3, -0.25) is 43.2 Å². The number of hydrogen-bond donors (Lipinski definition) is 15. The number of carbonyl (C=O) groups is 9. The van der Waals surface area contributed by atoms with Crippen molar-refractivity contribution in [1.82, 2.24) is 16.0 Å². The molecule has 1 aliphatic heterocycles. The molecule has 27 nitrogen and oxygen atoms in total. The maximum atomic E-state index is 14.7. The van der Waals surface area contributed by atoms with Crippen LogP contribution in [0.15, 0.2) is 36.4 Å². The standard InChI is InChI=1S/C86H60N12O15/c1-4-7-10-13-16-19-20-21-22-23-24-25-26-29-32-35-38-113-77(101)47-56-41-62-80(104)74(44-56)98-83(107)59-50-70(67(91)53-65(59)89)94-85(109)61-40-55(46-76(100)112-37-34-31-28-18-15-12-9-6-3)42-72(79(61)103)96-81(105)57-48-69(66(90)51-63(57)87)93-84(108)60-39-54(45-75(99)111-36-33-30-27-17-14-11-8-5-2)43-73(78(60)102)97-82(106)58-49-71(95-86(62)110)68(92)52-64(58)88/h1-3,39-44,57-59,63-71,102-104H,45-53,87-92H2,(H,93,108)(H,94,109)(H,95,110)(H,96,105)(H,97,106)(H,98,107). The molecule has 12 atom stereocenters. The van der Waals surface area contributed by atoms with Crippen molar-refractivity contribution < 1.29 is 72.7 Å². The lowest BCUT2D eigenvalue weighted by atomic mass is 9.78. The predicted octanol–water partition coefficient (Wildman–Crippen LogP) is -2.39. The van der Waals surface area contributed by atoms with Crippen LogP contribution in [-0.2, 0) is 62.2 Å². The SMILES string of the molecule is C#CC#CC#CC#CC#CC#CC#CC#CC#COC(=O)Cc1cc2c(O)c(c1)C(=O)NC1CC(C(=O)Nc3cc(CC(=O)OC#CC#CC#CC#CC#C)cc(c3O)C(=O)NC3CC(C(=O)Nc4cc(CC(=O)OC#CC#CC#CC#CC#C)cc(c4O)C(=O)NC4CC(C(=O)N2)C(N)CC4N)C(N)CC3N)C(N)CC1N. The summed E-state index contributed by atoms with van der Waals surface area (Å²) in [6.45, 7) is 0. The molecule has 7 rings (SSSR count). The third-order valence-electron chi connectivity index (χ3n) is 16.8. The molecular formula is C86H60N12O15. The van der Waals surface area contributed by atoms with E-state index in [1.165, 1.54) is 0 Å². The van der Waals surface area contributed by atoms with Crippen LogP contribution in [-0.4, -0.2) is 123 Å². The van der Waals surface area contributed by atoms with Crippen molar-refractivity contribution in [3.8, 4) is 244 Å². The summed E-state index contributed by atoms with van der Waals surface area (Å²) < 4.78 is 15.1. The van der Waals surface area contributed by atoms with Gasteiger partial charge in [-0.2, -0.15) is 0 Å². The van der Waals surface area contributed by atoms with Crippen LogP contribution in [0, 0.1) is 245 Å². The zero-order valence-electron chi connectivity index (χ0n) is 59.2. The zero-order chi connectivity index (χ0) is 81.8. The van der Waals surface area contributed by atoms with Gasteiger partial charge in [0.1, 0.15) is 18.3 Å². The molecule has 6 amide bonds. The van der Waals surface area contributed by atoms with Crippen molar-refractivity contribution >= 4 is 70.4 Å². The Bertz CT molecular complexity index is 5580. The number of nitrogens with one attached hydrogen (secondary N) is 6. The largest absolute Gasteiger partial charge is 0.505 e. The van der Waals surface area contributed by atoms with E-state index in [0.717, 1.165) is 36.4 Å². The molecule has 0 spiro atoms. The number of ether oxygens (including phenoxy) is 3. The van der Waals surface area contributed by atoms with Crippen molar-refractivity contribution in [3.05, 3.63) is 69.8 Å². The highest BCUT2D eigenvalue weighted by Gasteiger charge is 2.43. The fraction of sp³-hybridized carbons (Fsp3) is 0.244. The molecule has 27 heteroatoms. The van der Waals surface area contributed by atoms with Gasteiger partial charge < -0.3 is 95.8 Å². The van der Waals surface area contributed by atoms with Crippen LogP contribution in [0.5, 0.6) is 17.2 Å². The van der Waals surface area contributed by atoms with Gasteiger partial charge in [-0.15, -0.1) is 19.3 Å². The Morgan fingerprint density at radius 2 is 0.540 bits per heavy atom. The number of phenols is 3. The molecule has 113 heavy (non-hydrogen) atoms. The molecule has 3 aromatic carbocycles. The number of terminal acetylenes is 3. The number of rotatable bonds is 6. The number of phenolic OH excluding ortho intramolecular Hbond substituents is 3. The minimum atomic E-state index is -1.26. The molecule has 0 aromatic heterocycles. The predicted molar refractivity (Wildman–Crippen MR) is 410 cm³/mol. The van der Waals surface area contributed by atoms with Crippen LogP contribution in [0.1, 0.15) is 86.3 Å². The second-order valence-corrected chi connectivity index (χ2v) is 24.4. The van der Waals surface area contributed by atoms with E-state index < -0.39 is 196 Å². The Kier molecular flexibility index (Phi) is 31.8. The summed E-state index contributed by atoms with van der Waals surface area (Å²) in [5.41, 5.74) is 36.4. The molecule has 0 radical (unpaired) electrons. The topological polar surface area (TPSA) is 470 Å². The summed E-state index contributed by atoms with van der Waals surface area (Å²) in [5.74, 6) is 59.6. The first-order valence-electron chi connectivity index (χ1n) is 33.3. The maximum Gasteiger partial charge on any atom is 0.324 e. The molecule has 4 aliphatic rings. The third-order valence-corrected chi connectivity index (χ3v) is 16.8. The number of aromatic hydroxyl groups is 3.